The predicted octanol–water partition coefficient (Wildman–Crippen LogP) is 1.91. The van der Waals surface area contributed by atoms with Crippen molar-refractivity contribution < 1.29 is 9.53 Å². The zero-order chi connectivity index (χ0) is 14.4. The number of hydrogen-bond donors (Lipinski definition) is 1. The Bertz CT molecular complexity index is 422. The molecule has 0 spiro atoms. The molecular formula is C16H24N2O2. The summed E-state index contributed by atoms with van der Waals surface area (Å²) in [5.41, 5.74) is 0. The Morgan fingerprint density at radius 2 is 2.15 bits per heavy atom. The van der Waals surface area contributed by atoms with Gasteiger partial charge in [-0.25, -0.2) is 0 Å². The molecule has 1 N–H and O–H groups in total. The van der Waals surface area contributed by atoms with Crippen LogP contribution in [-0.2, 0) is 4.79 Å². The largest absolute Gasteiger partial charge is 0.493 e. The molecule has 0 bridgehead atoms. The fourth-order valence-electron chi connectivity index (χ4n) is 2.73. The van der Waals surface area contributed by atoms with Gasteiger partial charge in [-0.3, -0.25) is 4.79 Å². The molecule has 1 heterocycles. The second-order valence-electron chi connectivity index (χ2n) is 5.41. The van der Waals surface area contributed by atoms with Gasteiger partial charge in [0.05, 0.1) is 13.0 Å². The Labute approximate surface area is 121 Å². The van der Waals surface area contributed by atoms with Crippen LogP contribution in [-0.4, -0.2) is 43.6 Å². The average Bonchev–Trinajstić information content (AvgIpc) is 2.48. The number of amides is 1. The van der Waals surface area contributed by atoms with Crippen LogP contribution in [0, 0.1) is 5.92 Å². The molecule has 1 saturated heterocycles. The van der Waals surface area contributed by atoms with Gasteiger partial charge in [0, 0.05) is 19.1 Å². The molecule has 0 aliphatic carbocycles. The van der Waals surface area contributed by atoms with E-state index in [9.17, 15) is 4.79 Å². The van der Waals surface area contributed by atoms with E-state index in [1.54, 1.807) is 0 Å². The first-order chi connectivity index (χ1) is 9.70. The van der Waals surface area contributed by atoms with Crippen LogP contribution in [0.4, 0.5) is 0 Å². The summed E-state index contributed by atoms with van der Waals surface area (Å²) < 4.78 is 5.58. The molecule has 4 nitrogen and oxygen atoms in total. The standard InChI is InChI=1S/C16H24N2O2/c1-13-12-18(10-8-15(13)17-2)16(19)9-11-20-14-6-4-3-5-7-14/h3-7,13,15,17H,8-12H2,1-2H3. The van der Waals surface area contributed by atoms with Crippen molar-refractivity contribution in [2.45, 2.75) is 25.8 Å². The minimum Gasteiger partial charge on any atom is -0.493 e. The number of carbonyl (C=O) groups excluding carboxylic acids is 1. The maximum atomic E-state index is 12.2. The van der Waals surface area contributed by atoms with Gasteiger partial charge in [0.15, 0.2) is 0 Å². The number of benzene rings is 1. The molecule has 1 fully saturated rings. The van der Waals surface area contributed by atoms with Gasteiger partial charge in [0.25, 0.3) is 0 Å². The smallest absolute Gasteiger partial charge is 0.226 e. The highest BCUT2D eigenvalue weighted by atomic mass is 16.5. The number of likely N-dealkylation sites (tertiary alicyclic amines) is 1. The van der Waals surface area contributed by atoms with Crippen LogP contribution in [0.1, 0.15) is 19.8 Å². The molecule has 1 amide bonds. The maximum Gasteiger partial charge on any atom is 0.226 e. The van der Waals surface area contributed by atoms with Gasteiger partial charge in [-0.1, -0.05) is 25.1 Å². The van der Waals surface area contributed by atoms with Gasteiger partial charge in [0.1, 0.15) is 5.75 Å². The van der Waals surface area contributed by atoms with E-state index in [-0.39, 0.29) is 5.91 Å². The van der Waals surface area contributed by atoms with Crippen molar-refractivity contribution in [3.63, 3.8) is 0 Å². The lowest BCUT2D eigenvalue weighted by molar-refractivity contribution is -0.133. The number of rotatable bonds is 5. The number of hydrogen-bond acceptors (Lipinski definition) is 3. The molecule has 0 radical (unpaired) electrons. The molecule has 2 atom stereocenters. The molecule has 1 aliphatic rings. The normalized spacial score (nSPS) is 22.6. The number of piperidine rings is 1. The molecular weight excluding hydrogens is 252 g/mol. The van der Waals surface area contributed by atoms with Crippen LogP contribution in [0.2, 0.25) is 0 Å². The van der Waals surface area contributed by atoms with Gasteiger partial charge in [-0.2, -0.15) is 0 Å². The van der Waals surface area contributed by atoms with E-state index in [0.717, 1.165) is 25.3 Å². The minimum absolute atomic E-state index is 0.197. The van der Waals surface area contributed by atoms with E-state index >= 15 is 0 Å². The number of para-hydroxylation sites is 1. The van der Waals surface area contributed by atoms with E-state index in [1.165, 1.54) is 0 Å². The van der Waals surface area contributed by atoms with Gasteiger partial charge in [-0.05, 0) is 31.5 Å². The second-order valence-corrected chi connectivity index (χ2v) is 5.41. The molecule has 1 aromatic carbocycles. The van der Waals surface area contributed by atoms with Crippen LogP contribution in [0.15, 0.2) is 30.3 Å². The lowest BCUT2D eigenvalue weighted by atomic mass is 9.94. The molecule has 1 aromatic rings. The molecule has 2 unspecified atom stereocenters. The Kier molecular flexibility index (Phi) is 5.41. The van der Waals surface area contributed by atoms with Crippen LogP contribution in [0.3, 0.4) is 0 Å². The van der Waals surface area contributed by atoms with Crippen LogP contribution >= 0.6 is 0 Å². The van der Waals surface area contributed by atoms with Crippen molar-refractivity contribution in [2.75, 3.05) is 26.7 Å². The number of nitrogens with one attached hydrogen (secondary N) is 1. The van der Waals surface area contributed by atoms with Crippen LogP contribution < -0.4 is 10.1 Å². The number of ether oxygens (including phenoxy) is 1. The molecule has 2 rings (SSSR count). The summed E-state index contributed by atoms with van der Waals surface area (Å²) in [6.45, 7) is 4.33. The summed E-state index contributed by atoms with van der Waals surface area (Å²) >= 11 is 0. The number of carbonyl (C=O) groups is 1. The summed E-state index contributed by atoms with van der Waals surface area (Å²) in [7, 11) is 1.99. The first-order valence-electron chi connectivity index (χ1n) is 7.33. The third-order valence-corrected chi connectivity index (χ3v) is 3.96. The van der Waals surface area contributed by atoms with Gasteiger partial charge in [-0.15, -0.1) is 0 Å². The fraction of sp³-hybridized carbons (Fsp3) is 0.562. The molecule has 0 aromatic heterocycles. The lowest BCUT2D eigenvalue weighted by Crippen LogP contribution is -2.49. The van der Waals surface area contributed by atoms with Crippen molar-refractivity contribution >= 4 is 5.91 Å². The fourth-order valence-corrected chi connectivity index (χ4v) is 2.73. The molecule has 20 heavy (non-hydrogen) atoms. The van der Waals surface area contributed by atoms with Gasteiger partial charge < -0.3 is 15.0 Å². The van der Waals surface area contributed by atoms with Crippen LogP contribution in [0.5, 0.6) is 5.75 Å². The van der Waals surface area contributed by atoms with E-state index in [0.29, 0.717) is 25.0 Å². The Hall–Kier alpha value is -1.55. The third-order valence-electron chi connectivity index (χ3n) is 3.96. The van der Waals surface area contributed by atoms with E-state index in [1.807, 2.05) is 42.3 Å². The highest BCUT2D eigenvalue weighted by molar-refractivity contribution is 5.76. The first-order valence-corrected chi connectivity index (χ1v) is 7.33. The number of nitrogens with zero attached hydrogens (tertiary/aromatic N) is 1. The van der Waals surface area contributed by atoms with Crippen molar-refractivity contribution in [3.8, 4) is 5.75 Å². The van der Waals surface area contributed by atoms with Gasteiger partial charge in [0.2, 0.25) is 5.91 Å². The zero-order valence-electron chi connectivity index (χ0n) is 12.3. The summed E-state index contributed by atoms with van der Waals surface area (Å²) in [6.07, 6.45) is 1.48. The predicted molar refractivity (Wildman–Crippen MR) is 79.8 cm³/mol. The Balaban J connectivity index is 1.73. The van der Waals surface area contributed by atoms with Crippen molar-refractivity contribution in [3.05, 3.63) is 30.3 Å². The second kappa shape index (κ2) is 7.29. The summed E-state index contributed by atoms with van der Waals surface area (Å²) in [6, 6.07) is 10.2. The summed E-state index contributed by atoms with van der Waals surface area (Å²) in [5.74, 6) is 1.53. The zero-order valence-corrected chi connectivity index (χ0v) is 12.3. The summed E-state index contributed by atoms with van der Waals surface area (Å²) in [4.78, 5) is 14.1. The molecule has 4 heteroatoms. The van der Waals surface area contributed by atoms with E-state index < -0.39 is 0 Å². The van der Waals surface area contributed by atoms with Crippen molar-refractivity contribution in [2.24, 2.45) is 5.92 Å². The van der Waals surface area contributed by atoms with Crippen molar-refractivity contribution in [1.29, 1.82) is 0 Å². The molecule has 110 valence electrons. The van der Waals surface area contributed by atoms with Crippen LogP contribution in [0.25, 0.3) is 0 Å². The Morgan fingerprint density at radius 1 is 1.40 bits per heavy atom. The lowest BCUT2D eigenvalue weighted by Gasteiger charge is -2.36. The minimum atomic E-state index is 0.197. The SMILES string of the molecule is CNC1CCN(C(=O)CCOc2ccccc2)CC1C. The molecule has 1 aliphatic heterocycles. The topological polar surface area (TPSA) is 41.6 Å². The highest BCUT2D eigenvalue weighted by Gasteiger charge is 2.27. The Morgan fingerprint density at radius 3 is 2.80 bits per heavy atom. The van der Waals surface area contributed by atoms with Crippen molar-refractivity contribution in [1.82, 2.24) is 10.2 Å². The van der Waals surface area contributed by atoms with E-state index in [2.05, 4.69) is 12.2 Å². The maximum absolute atomic E-state index is 12.2. The van der Waals surface area contributed by atoms with E-state index in [4.69, 9.17) is 4.74 Å². The first kappa shape index (κ1) is 14.9. The monoisotopic (exact) mass is 276 g/mol. The third kappa shape index (κ3) is 3.97. The highest BCUT2D eigenvalue weighted by Crippen LogP contribution is 2.17. The average molecular weight is 276 g/mol. The summed E-state index contributed by atoms with van der Waals surface area (Å²) in [5, 5.41) is 3.32. The molecule has 0 saturated carbocycles. The quantitative estimate of drug-likeness (QED) is 0.893. The van der Waals surface area contributed by atoms with Gasteiger partial charge >= 0.3 is 0 Å².